The molecule has 0 aromatic carbocycles. The second kappa shape index (κ2) is 4.14. The monoisotopic (exact) mass is 254 g/mol. The number of hydrogen-bond acceptors (Lipinski definition) is 3. The van der Waals surface area contributed by atoms with Crippen molar-refractivity contribution in [3.63, 3.8) is 0 Å². The van der Waals surface area contributed by atoms with Crippen molar-refractivity contribution in [3.8, 4) is 0 Å². The van der Waals surface area contributed by atoms with Crippen molar-refractivity contribution in [2.45, 2.75) is 25.8 Å². The summed E-state index contributed by atoms with van der Waals surface area (Å²) in [6.07, 6.45) is 1.57. The lowest BCUT2D eigenvalue weighted by Gasteiger charge is -2.17. The van der Waals surface area contributed by atoms with Crippen LogP contribution in [0, 0.1) is 5.41 Å². The normalized spacial score (nSPS) is 18.8. The van der Waals surface area contributed by atoms with Crippen LogP contribution >= 0.6 is 23.6 Å². The summed E-state index contributed by atoms with van der Waals surface area (Å²) in [4.78, 5) is 13.5. The van der Waals surface area contributed by atoms with Crippen LogP contribution in [0.4, 0.5) is 0 Å². The van der Waals surface area contributed by atoms with Crippen LogP contribution in [-0.2, 0) is 4.79 Å². The predicted octanol–water partition coefficient (Wildman–Crippen LogP) is 1.99. The van der Waals surface area contributed by atoms with Crippen LogP contribution in [0.1, 0.15) is 30.7 Å². The van der Waals surface area contributed by atoms with Crippen molar-refractivity contribution >= 4 is 34.5 Å². The molecule has 3 N–H and O–H groups in total. The predicted molar refractivity (Wildman–Crippen MR) is 69.3 cm³/mol. The van der Waals surface area contributed by atoms with E-state index in [9.17, 15) is 4.79 Å². The highest BCUT2D eigenvalue weighted by molar-refractivity contribution is 7.80. The van der Waals surface area contributed by atoms with Gasteiger partial charge in [0.05, 0.1) is 16.4 Å². The molecule has 1 aromatic heterocycles. The van der Waals surface area contributed by atoms with Crippen molar-refractivity contribution in [1.29, 1.82) is 0 Å². The van der Waals surface area contributed by atoms with Crippen molar-refractivity contribution in [2.24, 2.45) is 11.1 Å². The highest BCUT2D eigenvalue weighted by Crippen LogP contribution is 2.46. The fourth-order valence-electron chi connectivity index (χ4n) is 1.65. The number of rotatable bonds is 4. The molecule has 0 radical (unpaired) electrons. The summed E-state index contributed by atoms with van der Waals surface area (Å²) in [6.45, 7) is 1.97. The summed E-state index contributed by atoms with van der Waals surface area (Å²) < 4.78 is 0. The Bertz CT molecular complexity index is 410. The standard InChI is InChI=1S/C11H14N2OS2/c1-7(8-3-2-6-16-8)13-10(14)11(4-5-11)9(12)15/h2-3,6-7H,4-5H2,1H3,(H2,12,15)(H,13,14). The Morgan fingerprint density at radius 2 is 2.38 bits per heavy atom. The van der Waals surface area contributed by atoms with Crippen molar-refractivity contribution in [1.82, 2.24) is 5.32 Å². The summed E-state index contributed by atoms with van der Waals surface area (Å²) in [7, 11) is 0. The Labute approximate surface area is 104 Å². The topological polar surface area (TPSA) is 55.1 Å². The average Bonchev–Trinajstić information content (AvgIpc) is 2.87. The molecule has 1 aliphatic rings. The maximum absolute atomic E-state index is 12.0. The second-order valence-corrected chi connectivity index (χ2v) is 5.58. The molecule has 1 aliphatic carbocycles. The highest BCUT2D eigenvalue weighted by atomic mass is 32.1. The van der Waals surface area contributed by atoms with Crippen LogP contribution in [0.2, 0.25) is 0 Å². The second-order valence-electron chi connectivity index (χ2n) is 4.16. The molecule has 1 aromatic rings. The quantitative estimate of drug-likeness (QED) is 0.808. The number of nitrogens with two attached hydrogens (primary N) is 1. The van der Waals surface area contributed by atoms with Gasteiger partial charge < -0.3 is 11.1 Å². The Morgan fingerprint density at radius 3 is 2.81 bits per heavy atom. The molecule has 1 atom stereocenters. The molecule has 16 heavy (non-hydrogen) atoms. The van der Waals surface area contributed by atoms with E-state index in [1.165, 1.54) is 0 Å². The zero-order valence-electron chi connectivity index (χ0n) is 9.03. The first-order valence-electron chi connectivity index (χ1n) is 5.20. The molecular formula is C11H14N2OS2. The molecule has 0 bridgehead atoms. The Kier molecular flexibility index (Phi) is 2.99. The molecule has 1 unspecified atom stereocenters. The van der Waals surface area contributed by atoms with Gasteiger partial charge in [-0.3, -0.25) is 4.79 Å². The third kappa shape index (κ3) is 1.97. The minimum Gasteiger partial charge on any atom is -0.392 e. The van der Waals surface area contributed by atoms with Gasteiger partial charge in [0.25, 0.3) is 0 Å². The summed E-state index contributed by atoms with van der Waals surface area (Å²) in [5.41, 5.74) is 5.05. The summed E-state index contributed by atoms with van der Waals surface area (Å²) in [5, 5.41) is 4.97. The lowest BCUT2D eigenvalue weighted by atomic mass is 10.1. The summed E-state index contributed by atoms with van der Waals surface area (Å²) in [6, 6.07) is 4.01. The number of hydrogen-bond donors (Lipinski definition) is 2. The maximum atomic E-state index is 12.0. The molecule has 86 valence electrons. The van der Waals surface area contributed by atoms with Gasteiger partial charge in [-0.15, -0.1) is 11.3 Å². The van der Waals surface area contributed by atoms with Crippen LogP contribution < -0.4 is 11.1 Å². The maximum Gasteiger partial charge on any atom is 0.233 e. The van der Waals surface area contributed by atoms with Crippen LogP contribution in [-0.4, -0.2) is 10.9 Å². The molecule has 1 heterocycles. The lowest BCUT2D eigenvalue weighted by molar-refractivity contribution is -0.124. The van der Waals surface area contributed by atoms with Crippen LogP contribution in [0.25, 0.3) is 0 Å². The van der Waals surface area contributed by atoms with Crippen LogP contribution in [0.3, 0.4) is 0 Å². The van der Waals surface area contributed by atoms with E-state index in [0.717, 1.165) is 17.7 Å². The first kappa shape index (κ1) is 11.5. The van der Waals surface area contributed by atoms with Gasteiger partial charge in [-0.1, -0.05) is 18.3 Å². The van der Waals surface area contributed by atoms with E-state index < -0.39 is 5.41 Å². The zero-order valence-corrected chi connectivity index (χ0v) is 10.7. The molecular weight excluding hydrogens is 240 g/mol. The molecule has 1 fully saturated rings. The largest absolute Gasteiger partial charge is 0.392 e. The fourth-order valence-corrected chi connectivity index (χ4v) is 2.69. The van der Waals surface area contributed by atoms with E-state index in [-0.39, 0.29) is 11.9 Å². The number of carbonyl (C=O) groups is 1. The molecule has 3 nitrogen and oxygen atoms in total. The molecule has 1 amide bonds. The minimum absolute atomic E-state index is 0.0269. The Morgan fingerprint density at radius 1 is 1.69 bits per heavy atom. The van der Waals surface area contributed by atoms with E-state index >= 15 is 0 Å². The minimum atomic E-state index is -0.555. The van der Waals surface area contributed by atoms with Gasteiger partial charge >= 0.3 is 0 Å². The van der Waals surface area contributed by atoms with Gasteiger partial charge in [0.1, 0.15) is 0 Å². The summed E-state index contributed by atoms with van der Waals surface area (Å²) in [5.74, 6) is -0.0269. The first-order valence-corrected chi connectivity index (χ1v) is 6.49. The number of carbonyl (C=O) groups excluding carboxylic acids is 1. The smallest absolute Gasteiger partial charge is 0.233 e. The Hall–Kier alpha value is -0.940. The van der Waals surface area contributed by atoms with E-state index in [1.807, 2.05) is 24.4 Å². The van der Waals surface area contributed by atoms with Crippen molar-refractivity contribution < 1.29 is 4.79 Å². The van der Waals surface area contributed by atoms with Crippen LogP contribution in [0.15, 0.2) is 17.5 Å². The van der Waals surface area contributed by atoms with Gasteiger partial charge in [0, 0.05) is 4.88 Å². The van der Waals surface area contributed by atoms with Gasteiger partial charge in [-0.25, -0.2) is 0 Å². The van der Waals surface area contributed by atoms with E-state index in [0.29, 0.717) is 4.99 Å². The molecule has 5 heteroatoms. The molecule has 0 spiro atoms. The van der Waals surface area contributed by atoms with Crippen LogP contribution in [0.5, 0.6) is 0 Å². The number of nitrogens with one attached hydrogen (secondary N) is 1. The zero-order chi connectivity index (χ0) is 11.8. The van der Waals surface area contributed by atoms with E-state index in [2.05, 4.69) is 5.32 Å². The van der Waals surface area contributed by atoms with Gasteiger partial charge in [0.15, 0.2) is 0 Å². The third-order valence-electron chi connectivity index (χ3n) is 2.97. The first-order chi connectivity index (χ1) is 7.56. The molecule has 0 saturated heterocycles. The molecule has 1 saturated carbocycles. The lowest BCUT2D eigenvalue weighted by Crippen LogP contribution is -2.40. The van der Waals surface area contributed by atoms with Crippen molar-refractivity contribution in [3.05, 3.63) is 22.4 Å². The Balaban J connectivity index is 2.01. The number of thiophene rings is 1. The van der Waals surface area contributed by atoms with Crippen molar-refractivity contribution in [2.75, 3.05) is 0 Å². The third-order valence-corrected chi connectivity index (χ3v) is 4.42. The average molecular weight is 254 g/mol. The van der Waals surface area contributed by atoms with Gasteiger partial charge in [-0.2, -0.15) is 0 Å². The van der Waals surface area contributed by atoms with E-state index in [1.54, 1.807) is 11.3 Å². The number of thiocarbonyl (C=S) groups is 1. The summed E-state index contributed by atoms with van der Waals surface area (Å²) >= 11 is 6.58. The van der Waals surface area contributed by atoms with Gasteiger partial charge in [0.2, 0.25) is 5.91 Å². The molecule has 2 rings (SSSR count). The fraction of sp³-hybridized carbons (Fsp3) is 0.455. The SMILES string of the molecule is CC(NC(=O)C1(C(N)=S)CC1)c1cccs1. The number of amides is 1. The molecule has 0 aliphatic heterocycles. The van der Waals surface area contributed by atoms with Gasteiger partial charge in [-0.05, 0) is 31.2 Å². The highest BCUT2D eigenvalue weighted by Gasteiger charge is 2.52. The van der Waals surface area contributed by atoms with E-state index in [4.69, 9.17) is 18.0 Å².